The van der Waals surface area contributed by atoms with E-state index in [-0.39, 0.29) is 0 Å². The Bertz CT molecular complexity index is 10800. The highest BCUT2D eigenvalue weighted by molar-refractivity contribution is 6.24. The highest BCUT2D eigenvalue weighted by atomic mass is 16.4. The van der Waals surface area contributed by atoms with E-state index in [2.05, 4.69) is 459 Å². The summed E-state index contributed by atoms with van der Waals surface area (Å²) in [6, 6.07) is 178. The van der Waals surface area contributed by atoms with E-state index in [0.717, 1.165) is 260 Å². The molecule has 0 unspecified atom stereocenters. The van der Waals surface area contributed by atoms with Crippen molar-refractivity contribution in [2.24, 2.45) is 0 Å². The van der Waals surface area contributed by atoms with Crippen LogP contribution in [0.1, 0.15) is 0 Å². The number of fused-ring (bicyclic) bond motifs is 28. The molecule has 0 aliphatic carbocycles. The molecule has 700 valence electrons. The smallest absolute Gasteiger partial charge is 0.161 e. The van der Waals surface area contributed by atoms with Crippen molar-refractivity contribution in [1.82, 2.24) is 13.7 Å². The molecule has 0 aliphatic rings. The Morgan fingerprint density at radius 1 is 0.154 bits per heavy atom. The lowest BCUT2D eigenvalue weighted by molar-refractivity contribution is 0.668. The zero-order valence-corrected chi connectivity index (χ0v) is 80.0. The van der Waals surface area contributed by atoms with E-state index in [9.17, 15) is 0 Å². The first kappa shape index (κ1) is 84.4. The topological polar surface area (TPSA) is 116 Å². The summed E-state index contributed by atoms with van der Waals surface area (Å²) in [5, 5.41) is 17.5. The first-order valence-electron chi connectivity index (χ1n) is 50.2. The maximum Gasteiger partial charge on any atom is 0.161 e. The van der Waals surface area contributed by atoms with Gasteiger partial charge in [0.05, 0.1) is 56.1 Å². The number of rotatable bonds is 14. The zero-order chi connectivity index (χ0) is 97.8. The molecule has 0 N–H and O–H groups in total. The maximum absolute atomic E-state index is 7.03. The Kier molecular flexibility index (Phi) is 19.4. The van der Waals surface area contributed by atoms with E-state index in [1.807, 2.05) is 78.9 Å². The molecule has 22 aromatic carbocycles. The summed E-state index contributed by atoms with van der Waals surface area (Å²) in [6.45, 7) is 0. The highest BCUT2D eigenvalue weighted by Crippen LogP contribution is 2.54. The van der Waals surface area contributed by atoms with Crippen molar-refractivity contribution in [1.29, 1.82) is 0 Å². The molecule has 0 radical (unpaired) electrons. The zero-order valence-electron chi connectivity index (χ0n) is 80.0. The van der Waals surface area contributed by atoms with Crippen LogP contribution in [0.2, 0.25) is 0 Å². The number of hydrogen-bond donors (Lipinski definition) is 0. The van der Waals surface area contributed by atoms with Gasteiger partial charge < -0.3 is 59.3 Å². The highest BCUT2D eigenvalue weighted by Gasteiger charge is 2.32. The molecule has 0 saturated heterocycles. The molecule has 0 aliphatic heterocycles. The lowest BCUT2D eigenvalue weighted by atomic mass is 9.98. The monoisotopic (exact) mass is 1910 g/mol. The van der Waals surface area contributed by atoms with Crippen LogP contribution in [0.15, 0.2) is 540 Å². The van der Waals surface area contributed by atoms with Gasteiger partial charge in [-0.1, -0.05) is 285 Å². The van der Waals surface area contributed by atoms with Crippen LogP contribution < -0.4 is 14.7 Å². The van der Waals surface area contributed by atoms with Gasteiger partial charge in [-0.15, -0.1) is 0 Å². The molecule has 32 aromatic rings. The van der Waals surface area contributed by atoms with Crippen LogP contribution in [0.3, 0.4) is 0 Å². The molecule has 0 bridgehead atoms. The summed E-state index contributed by atoms with van der Waals surface area (Å²) in [4.78, 5) is 6.88. The van der Waals surface area contributed by atoms with Gasteiger partial charge >= 0.3 is 0 Å². The fourth-order valence-electron chi connectivity index (χ4n) is 23.0. The molecular weight excluding hydrogens is 1830 g/mol. The van der Waals surface area contributed by atoms with Gasteiger partial charge in [-0.2, -0.15) is 0 Å². The molecule has 10 heterocycles. The van der Waals surface area contributed by atoms with Crippen molar-refractivity contribution >= 4 is 249 Å². The van der Waals surface area contributed by atoms with E-state index >= 15 is 0 Å². The van der Waals surface area contributed by atoms with Crippen LogP contribution in [0, 0.1) is 0 Å². The first-order chi connectivity index (χ1) is 73.9. The van der Waals surface area contributed by atoms with Gasteiger partial charge in [0.1, 0.15) is 61.2 Å². The fraction of sp³-hybridized carbons (Fsp3) is 0. The third-order valence-electron chi connectivity index (χ3n) is 29.6. The maximum atomic E-state index is 7.03. The number of aromatic nitrogens is 3. The minimum absolute atomic E-state index is 0.803. The van der Waals surface area contributed by atoms with Crippen LogP contribution in [-0.4, -0.2) is 13.7 Å². The van der Waals surface area contributed by atoms with Crippen LogP contribution in [0.25, 0.3) is 237 Å². The Morgan fingerprint density at radius 2 is 0.456 bits per heavy atom. The van der Waals surface area contributed by atoms with Crippen LogP contribution in [0.4, 0.5) is 51.2 Å². The van der Waals surface area contributed by atoms with Gasteiger partial charge in [0, 0.05) is 116 Å². The molecule has 0 spiro atoms. The SMILES string of the molecule is c1ccc(-c2ccc(N(c3cccc4c3oc3c5ccccc5n(-c5ccccc5)c43)c3cccc4oc5ccccc5c34)cc2)cc1.c1ccc(-n2c3ccccc3c3oc4c(N(c5ccc(-c6cccc7ccccc67)cc5)c5ccc6oc7ccccc7c6c5)cccc4c32)cc1.c1ccc(-n2c3ccccc3c3oc4c(N(c5ccc6c(c5)oc5ccccc56)c5ccc6c(c5)oc5ccccc56)cccc4c32)cc1. The number of anilines is 9. The molecule has 13 heteroatoms. The third-order valence-corrected chi connectivity index (χ3v) is 29.6. The molecule has 10 aromatic heterocycles. The third kappa shape index (κ3) is 13.6. The molecule has 0 atom stereocenters. The van der Waals surface area contributed by atoms with Crippen molar-refractivity contribution in [3.63, 3.8) is 0 Å². The molecule has 13 nitrogen and oxygen atoms in total. The average Bonchev–Trinajstić information content (AvgIpc) is 1.56. The van der Waals surface area contributed by atoms with Gasteiger partial charge in [0.2, 0.25) is 0 Å². The van der Waals surface area contributed by atoms with Crippen molar-refractivity contribution in [2.45, 2.75) is 0 Å². The van der Waals surface area contributed by atoms with E-state index in [1.165, 1.54) is 27.5 Å². The summed E-state index contributed by atoms with van der Waals surface area (Å²) in [5.74, 6) is 0. The second kappa shape index (κ2) is 34.2. The lowest BCUT2D eigenvalue weighted by Gasteiger charge is -2.26. The Balaban J connectivity index is 0.000000103. The Hall–Kier alpha value is -20.3. The van der Waals surface area contributed by atoms with E-state index < -0.39 is 0 Å². The summed E-state index contributed by atoms with van der Waals surface area (Å²) in [6.07, 6.45) is 0. The molecule has 0 saturated carbocycles. The van der Waals surface area contributed by atoms with Crippen molar-refractivity contribution < 1.29 is 30.9 Å². The van der Waals surface area contributed by atoms with E-state index in [0.29, 0.717) is 0 Å². The Morgan fingerprint density at radius 3 is 0.946 bits per heavy atom. The molecule has 0 fully saturated rings. The first-order valence-corrected chi connectivity index (χ1v) is 50.2. The quantitative estimate of drug-likeness (QED) is 0.104. The normalized spacial score (nSPS) is 11.9. The van der Waals surface area contributed by atoms with Crippen LogP contribution in [-0.2, 0) is 0 Å². The van der Waals surface area contributed by atoms with Gasteiger partial charge in [0.25, 0.3) is 0 Å². The predicted octanol–water partition coefficient (Wildman–Crippen LogP) is 39.1. The second-order valence-electron chi connectivity index (χ2n) is 37.9. The number of hydrogen-bond acceptors (Lipinski definition) is 10. The minimum atomic E-state index is 0.803. The van der Waals surface area contributed by atoms with Gasteiger partial charge in [0.15, 0.2) is 33.5 Å². The van der Waals surface area contributed by atoms with E-state index in [1.54, 1.807) is 0 Å². The minimum Gasteiger partial charge on any atom is -0.456 e. The predicted molar refractivity (Wildman–Crippen MR) is 613 cm³/mol. The second-order valence-corrected chi connectivity index (χ2v) is 37.9. The molecule has 149 heavy (non-hydrogen) atoms. The fourth-order valence-corrected chi connectivity index (χ4v) is 23.0. The van der Waals surface area contributed by atoms with Gasteiger partial charge in [-0.25, -0.2) is 0 Å². The number of benzene rings is 22. The van der Waals surface area contributed by atoms with Crippen molar-refractivity contribution in [2.75, 3.05) is 14.7 Å². The Labute approximate surface area is 851 Å². The molecule has 32 rings (SSSR count). The summed E-state index contributed by atoms with van der Waals surface area (Å²) in [5.41, 5.74) is 35.3. The molecular formula is C136H84N6O7. The van der Waals surface area contributed by atoms with Crippen LogP contribution >= 0.6 is 0 Å². The largest absolute Gasteiger partial charge is 0.456 e. The molecule has 0 amide bonds. The standard InChI is InChI=1S/C48H30N2O2.C44H26N2O3.C44H28N2O2/c1-2-14-33(15-3-1)50-42-21-8-6-18-39(42)48-46(50)40-20-11-22-43(47(40)52-48)49(35-28-29-45-41(30-35)38-17-7-9-23-44(38)51-45)34-26-24-32(25-27-34)37-19-10-13-31-12-4-5-16-36(31)37;1-2-11-27(12-3-1)46-36-17-7-4-15-34(36)44-42(46)35-16-10-18-37(43(35)49-44)45(28-21-23-32-30-13-5-8-19-38(30)47-40(32)25-28)29-22-24-33-31-14-6-9-20-39(31)48-41(33)26-29;1-3-13-29(14-4-1)30-25-27-32(28-26-30)45(37-21-12-24-40-41(37)34-18-8-10-23-39(34)47-40)38-22-11-19-35-42-44(48-43(35)38)33-17-7-9-20-36(33)46(42)31-15-5-2-6-16-31/h1-30H;1-26H;1-28H. The lowest BCUT2D eigenvalue weighted by Crippen LogP contribution is -2.10. The summed E-state index contributed by atoms with van der Waals surface area (Å²) >= 11 is 0. The van der Waals surface area contributed by atoms with Gasteiger partial charge in [-0.05, 0) is 245 Å². The van der Waals surface area contributed by atoms with Crippen molar-refractivity contribution in [3.8, 4) is 39.3 Å². The summed E-state index contributed by atoms with van der Waals surface area (Å²) in [7, 11) is 0. The van der Waals surface area contributed by atoms with Crippen molar-refractivity contribution in [3.05, 3.63) is 510 Å². The number of nitrogens with zero attached hydrogens (tertiary/aromatic N) is 6. The average molecular weight is 1910 g/mol. The van der Waals surface area contributed by atoms with Gasteiger partial charge in [-0.3, -0.25) is 0 Å². The van der Waals surface area contributed by atoms with Crippen LogP contribution in [0.5, 0.6) is 0 Å². The van der Waals surface area contributed by atoms with E-state index in [4.69, 9.17) is 30.9 Å². The number of para-hydroxylation sites is 13. The summed E-state index contributed by atoms with van der Waals surface area (Å²) < 4.78 is 53.4. The number of furan rings is 7.